The predicted octanol–water partition coefficient (Wildman–Crippen LogP) is 13.7. The minimum absolute atomic E-state index is 0.0527. The van der Waals surface area contributed by atoms with Gasteiger partial charge in [0.05, 0.1) is 16.7 Å². The number of para-hydroxylation sites is 2. The minimum Gasteiger partial charge on any atom is -0.310 e. The number of anilines is 3. The summed E-state index contributed by atoms with van der Waals surface area (Å²) < 4.78 is 2.40. The molecule has 0 unspecified atom stereocenters. The first-order valence-electron chi connectivity index (χ1n) is 18.2. The van der Waals surface area contributed by atoms with Crippen molar-refractivity contribution in [2.24, 2.45) is 0 Å². The average Bonchev–Trinajstić information content (AvgIpc) is 3.63. The Bertz CT molecular complexity index is 2840. The third-order valence-electron chi connectivity index (χ3n) is 11.2. The lowest BCUT2D eigenvalue weighted by atomic mass is 9.81. The quantitative estimate of drug-likeness (QED) is 0.177. The Labute approximate surface area is 304 Å². The van der Waals surface area contributed by atoms with Crippen LogP contribution in [0.2, 0.25) is 0 Å². The lowest BCUT2D eigenvalue weighted by Crippen LogP contribution is -2.14. The molecule has 2 nitrogen and oxygen atoms in total. The number of hydrogen-bond acceptors (Lipinski definition) is 1. The third kappa shape index (κ3) is 4.57. The Morgan fingerprint density at radius 3 is 1.98 bits per heavy atom. The molecule has 1 aliphatic rings. The normalized spacial score (nSPS) is 13.1. The van der Waals surface area contributed by atoms with Gasteiger partial charge in [-0.25, -0.2) is 0 Å². The number of benzene rings is 8. The van der Waals surface area contributed by atoms with E-state index in [1.807, 2.05) is 0 Å². The highest BCUT2D eigenvalue weighted by molar-refractivity contribution is 6.12. The van der Waals surface area contributed by atoms with E-state index in [9.17, 15) is 0 Å². The van der Waals surface area contributed by atoms with E-state index in [1.54, 1.807) is 0 Å². The van der Waals surface area contributed by atoms with Crippen molar-refractivity contribution in [1.82, 2.24) is 4.57 Å². The summed E-state index contributed by atoms with van der Waals surface area (Å²) in [5.74, 6) is 0. The van der Waals surface area contributed by atoms with Gasteiger partial charge >= 0.3 is 0 Å². The van der Waals surface area contributed by atoms with Crippen LogP contribution >= 0.6 is 0 Å². The van der Waals surface area contributed by atoms with Crippen LogP contribution in [-0.2, 0) is 5.41 Å². The van der Waals surface area contributed by atoms with Gasteiger partial charge in [-0.3, -0.25) is 0 Å². The average molecular weight is 667 g/mol. The molecule has 0 bridgehead atoms. The molecule has 0 amide bonds. The summed E-state index contributed by atoms with van der Waals surface area (Å²) in [6, 6.07) is 64.8. The highest BCUT2D eigenvalue weighted by atomic mass is 15.1. The fourth-order valence-corrected chi connectivity index (χ4v) is 8.75. The summed E-state index contributed by atoms with van der Waals surface area (Å²) in [4.78, 5) is 2.42. The smallest absolute Gasteiger partial charge is 0.0542 e. The molecule has 9 aromatic rings. The second-order valence-corrected chi connectivity index (χ2v) is 14.7. The van der Waals surface area contributed by atoms with Crippen LogP contribution < -0.4 is 4.90 Å². The predicted molar refractivity (Wildman–Crippen MR) is 221 cm³/mol. The van der Waals surface area contributed by atoms with Gasteiger partial charge in [0, 0.05) is 38.6 Å². The standard InChI is InChI=1S/C50H38N2/c1-33-14-13-17-36(30-33)52-47-23-12-10-21-43(47)44-32-37(25-28-49(44)52)51(35-15-5-4-6-16-35)48-29-27-38(39-18-7-8-20-42(39)48)34-24-26-41-40-19-9-11-22-45(40)50(2,3)46(41)31-34/h4-32H,1-3H3. The molecule has 10 rings (SSSR count). The van der Waals surface area contributed by atoms with E-state index < -0.39 is 0 Å². The van der Waals surface area contributed by atoms with Gasteiger partial charge in [-0.05, 0) is 112 Å². The molecule has 248 valence electrons. The van der Waals surface area contributed by atoms with Crippen LogP contribution in [-0.4, -0.2) is 4.57 Å². The monoisotopic (exact) mass is 666 g/mol. The van der Waals surface area contributed by atoms with E-state index in [1.165, 1.54) is 77.2 Å². The van der Waals surface area contributed by atoms with Gasteiger partial charge in [-0.2, -0.15) is 0 Å². The zero-order chi connectivity index (χ0) is 35.0. The fourth-order valence-electron chi connectivity index (χ4n) is 8.75. The maximum absolute atomic E-state index is 2.43. The van der Waals surface area contributed by atoms with Crippen molar-refractivity contribution >= 4 is 49.6 Å². The largest absolute Gasteiger partial charge is 0.310 e. The first-order chi connectivity index (χ1) is 25.5. The van der Waals surface area contributed by atoms with E-state index >= 15 is 0 Å². The Hall–Kier alpha value is -6.38. The summed E-state index contributed by atoms with van der Waals surface area (Å²) >= 11 is 0. The van der Waals surface area contributed by atoms with Gasteiger partial charge in [0.2, 0.25) is 0 Å². The number of aromatic nitrogens is 1. The SMILES string of the molecule is Cc1cccc(-n2c3ccccc3c3cc(N(c4ccccc4)c4ccc(-c5ccc6c(c5)C(C)(C)c5ccccc5-6)c5ccccc45)ccc32)c1. The first kappa shape index (κ1) is 30.4. The van der Waals surface area contributed by atoms with Crippen molar-refractivity contribution in [1.29, 1.82) is 0 Å². The first-order valence-corrected chi connectivity index (χ1v) is 18.2. The topological polar surface area (TPSA) is 8.17 Å². The molecule has 0 saturated heterocycles. The van der Waals surface area contributed by atoms with Crippen LogP contribution in [0, 0.1) is 6.92 Å². The second-order valence-electron chi connectivity index (χ2n) is 14.7. The molecule has 1 heterocycles. The van der Waals surface area contributed by atoms with Crippen LogP contribution in [0.3, 0.4) is 0 Å². The lowest BCUT2D eigenvalue weighted by Gasteiger charge is -2.28. The van der Waals surface area contributed by atoms with Crippen molar-refractivity contribution in [3.63, 3.8) is 0 Å². The van der Waals surface area contributed by atoms with Crippen LogP contribution in [0.15, 0.2) is 176 Å². The van der Waals surface area contributed by atoms with Crippen molar-refractivity contribution in [2.75, 3.05) is 4.90 Å². The fraction of sp³-hybridized carbons (Fsp3) is 0.0800. The molecule has 8 aromatic carbocycles. The molecular formula is C50H38N2. The van der Waals surface area contributed by atoms with Crippen LogP contribution in [0.25, 0.3) is 60.5 Å². The van der Waals surface area contributed by atoms with Gasteiger partial charge in [0.1, 0.15) is 0 Å². The van der Waals surface area contributed by atoms with Gasteiger partial charge < -0.3 is 9.47 Å². The zero-order valence-electron chi connectivity index (χ0n) is 29.6. The highest BCUT2D eigenvalue weighted by Gasteiger charge is 2.35. The van der Waals surface area contributed by atoms with Crippen molar-refractivity contribution in [3.05, 3.63) is 193 Å². The molecule has 0 aliphatic heterocycles. The molecular weight excluding hydrogens is 629 g/mol. The maximum atomic E-state index is 2.43. The number of hydrogen-bond donors (Lipinski definition) is 0. The van der Waals surface area contributed by atoms with Gasteiger partial charge in [-0.1, -0.05) is 129 Å². The molecule has 52 heavy (non-hydrogen) atoms. The Morgan fingerprint density at radius 1 is 0.442 bits per heavy atom. The Kier molecular flexibility index (Phi) is 6.78. The third-order valence-corrected chi connectivity index (χ3v) is 11.2. The van der Waals surface area contributed by atoms with Crippen LogP contribution in [0.1, 0.15) is 30.5 Å². The summed E-state index contributed by atoms with van der Waals surface area (Å²) in [6.07, 6.45) is 0. The van der Waals surface area contributed by atoms with Crippen molar-refractivity contribution in [3.8, 4) is 27.9 Å². The molecule has 0 atom stereocenters. The number of aryl methyl sites for hydroxylation is 1. The Balaban J connectivity index is 1.16. The van der Waals surface area contributed by atoms with Crippen LogP contribution in [0.5, 0.6) is 0 Å². The number of nitrogens with zero attached hydrogens (tertiary/aromatic N) is 2. The summed E-state index contributed by atoms with van der Waals surface area (Å²) in [7, 11) is 0. The molecule has 1 aromatic heterocycles. The molecule has 0 radical (unpaired) electrons. The molecule has 0 fully saturated rings. The second kappa shape index (κ2) is 11.6. The maximum Gasteiger partial charge on any atom is 0.0542 e. The number of fused-ring (bicyclic) bond motifs is 7. The summed E-state index contributed by atoms with van der Waals surface area (Å²) in [5, 5.41) is 4.94. The highest BCUT2D eigenvalue weighted by Crippen LogP contribution is 2.50. The van der Waals surface area contributed by atoms with Crippen molar-refractivity contribution in [2.45, 2.75) is 26.2 Å². The van der Waals surface area contributed by atoms with Gasteiger partial charge in [0.25, 0.3) is 0 Å². The van der Waals surface area contributed by atoms with Gasteiger partial charge in [0.15, 0.2) is 0 Å². The minimum atomic E-state index is -0.0527. The summed E-state index contributed by atoms with van der Waals surface area (Å²) in [6.45, 7) is 6.87. The van der Waals surface area contributed by atoms with E-state index in [0.29, 0.717) is 0 Å². The molecule has 0 spiro atoms. The molecule has 2 heteroatoms. The molecule has 0 saturated carbocycles. The van der Waals surface area contributed by atoms with Gasteiger partial charge in [-0.15, -0.1) is 0 Å². The van der Waals surface area contributed by atoms with E-state index in [2.05, 4.69) is 206 Å². The van der Waals surface area contributed by atoms with Crippen LogP contribution in [0.4, 0.5) is 17.1 Å². The zero-order valence-corrected chi connectivity index (χ0v) is 29.6. The Morgan fingerprint density at radius 2 is 1.13 bits per heavy atom. The lowest BCUT2D eigenvalue weighted by molar-refractivity contribution is 0.660. The summed E-state index contributed by atoms with van der Waals surface area (Å²) in [5.41, 5.74) is 16.2. The molecule has 0 N–H and O–H groups in total. The van der Waals surface area contributed by atoms with E-state index in [4.69, 9.17) is 0 Å². The van der Waals surface area contributed by atoms with E-state index in [-0.39, 0.29) is 5.41 Å². The molecule has 1 aliphatic carbocycles. The number of rotatable bonds is 5. The van der Waals surface area contributed by atoms with Crippen molar-refractivity contribution < 1.29 is 0 Å². The van der Waals surface area contributed by atoms with E-state index in [0.717, 1.165) is 17.1 Å².